The van der Waals surface area contributed by atoms with Gasteiger partial charge in [0.15, 0.2) is 0 Å². The number of hydrogen-bond acceptors (Lipinski definition) is 6. The number of rotatable bonds is 6. The van der Waals surface area contributed by atoms with E-state index in [0.29, 0.717) is 39.1 Å². The van der Waals surface area contributed by atoms with Gasteiger partial charge in [-0.05, 0) is 48.7 Å². The fourth-order valence-electron chi connectivity index (χ4n) is 4.70. The van der Waals surface area contributed by atoms with Crippen LogP contribution >= 0.6 is 0 Å². The molecule has 10 heteroatoms. The van der Waals surface area contributed by atoms with Crippen molar-refractivity contribution < 1.29 is 22.7 Å². The molecule has 2 aromatic carbocycles. The van der Waals surface area contributed by atoms with Crippen LogP contribution in [0.25, 0.3) is 0 Å². The predicted octanol–water partition coefficient (Wildman–Crippen LogP) is 1.96. The molecule has 0 bridgehead atoms. The van der Waals surface area contributed by atoms with Crippen molar-refractivity contribution in [1.82, 2.24) is 9.21 Å². The number of benzene rings is 2. The van der Waals surface area contributed by atoms with Gasteiger partial charge in [-0.3, -0.25) is 9.59 Å². The molecular formula is C25H32N4O5S. The van der Waals surface area contributed by atoms with E-state index >= 15 is 0 Å². The van der Waals surface area contributed by atoms with Gasteiger partial charge >= 0.3 is 0 Å². The third kappa shape index (κ3) is 5.13. The zero-order valence-corrected chi connectivity index (χ0v) is 21.3. The highest BCUT2D eigenvalue weighted by Gasteiger charge is 2.29. The molecule has 9 nitrogen and oxygen atoms in total. The van der Waals surface area contributed by atoms with Gasteiger partial charge < -0.3 is 19.4 Å². The summed E-state index contributed by atoms with van der Waals surface area (Å²) in [5, 5.41) is 0. The number of aryl methyl sites for hydroxylation is 1. The number of methoxy groups -OCH3 is 1. The third-order valence-corrected chi connectivity index (χ3v) is 8.47. The van der Waals surface area contributed by atoms with Gasteiger partial charge in [0.05, 0.1) is 24.2 Å². The molecule has 2 amide bonds. The zero-order valence-electron chi connectivity index (χ0n) is 20.4. The number of sulfonamides is 1. The fourth-order valence-corrected chi connectivity index (χ4v) is 5.88. The lowest BCUT2D eigenvalue weighted by Crippen LogP contribution is -2.51. The maximum absolute atomic E-state index is 13.2. The van der Waals surface area contributed by atoms with Gasteiger partial charge in [0, 0.05) is 52.4 Å². The van der Waals surface area contributed by atoms with Crippen molar-refractivity contribution in [3.05, 3.63) is 48.0 Å². The number of amides is 2. The van der Waals surface area contributed by atoms with E-state index in [-0.39, 0.29) is 23.3 Å². The average Bonchev–Trinajstić information content (AvgIpc) is 2.87. The SMILES string of the molecule is COc1ccccc1N1CCN(C(=O)CN(C)S(=O)(=O)c2ccc3c(c2)CCCN3C(C)=O)CC1. The largest absolute Gasteiger partial charge is 0.495 e. The molecular weight excluding hydrogens is 468 g/mol. The normalized spacial score (nSPS) is 16.3. The number of ether oxygens (including phenoxy) is 1. The summed E-state index contributed by atoms with van der Waals surface area (Å²) < 4.78 is 33.0. The van der Waals surface area contributed by atoms with Crippen LogP contribution in [0.4, 0.5) is 11.4 Å². The van der Waals surface area contributed by atoms with Gasteiger partial charge in [-0.15, -0.1) is 0 Å². The summed E-state index contributed by atoms with van der Waals surface area (Å²) in [7, 11) is -0.785. The minimum Gasteiger partial charge on any atom is -0.495 e. The van der Waals surface area contributed by atoms with Crippen molar-refractivity contribution in [2.75, 3.05) is 63.2 Å². The lowest BCUT2D eigenvalue weighted by Gasteiger charge is -2.37. The van der Waals surface area contributed by atoms with Gasteiger partial charge in [0.25, 0.3) is 0 Å². The maximum Gasteiger partial charge on any atom is 0.243 e. The second-order valence-electron chi connectivity index (χ2n) is 8.87. The highest BCUT2D eigenvalue weighted by molar-refractivity contribution is 7.89. The number of para-hydroxylation sites is 2. The number of likely N-dealkylation sites (N-methyl/N-ethyl adjacent to an activating group) is 1. The first-order valence-electron chi connectivity index (χ1n) is 11.8. The maximum atomic E-state index is 13.2. The Hall–Kier alpha value is -3.11. The van der Waals surface area contributed by atoms with Crippen LogP contribution < -0.4 is 14.5 Å². The van der Waals surface area contributed by atoms with Gasteiger partial charge in [-0.25, -0.2) is 8.42 Å². The molecule has 2 aliphatic rings. The Bertz CT molecular complexity index is 1210. The Kier molecular flexibility index (Phi) is 7.32. The first-order chi connectivity index (χ1) is 16.7. The van der Waals surface area contributed by atoms with Gasteiger partial charge in [-0.2, -0.15) is 4.31 Å². The van der Waals surface area contributed by atoms with Crippen LogP contribution in [0.1, 0.15) is 18.9 Å². The molecule has 4 rings (SSSR count). The van der Waals surface area contributed by atoms with E-state index in [1.165, 1.54) is 20.0 Å². The summed E-state index contributed by atoms with van der Waals surface area (Å²) in [6.45, 7) is 4.20. The molecule has 0 N–H and O–H groups in total. The molecule has 2 aliphatic heterocycles. The third-order valence-electron chi connectivity index (χ3n) is 6.67. The van der Waals surface area contributed by atoms with Crippen molar-refractivity contribution in [3.63, 3.8) is 0 Å². The summed E-state index contributed by atoms with van der Waals surface area (Å²) in [5.41, 5.74) is 2.58. The van der Waals surface area contributed by atoms with Crippen molar-refractivity contribution in [2.45, 2.75) is 24.7 Å². The number of hydrogen-bond donors (Lipinski definition) is 0. The molecule has 0 aromatic heterocycles. The Morgan fingerprint density at radius 1 is 1.00 bits per heavy atom. The quantitative estimate of drug-likeness (QED) is 0.603. The number of carbonyl (C=O) groups excluding carboxylic acids is 2. The summed E-state index contributed by atoms with van der Waals surface area (Å²) in [6.07, 6.45) is 1.49. The van der Waals surface area contributed by atoms with E-state index in [1.807, 2.05) is 24.3 Å². The fraction of sp³-hybridized carbons (Fsp3) is 0.440. The molecule has 2 aromatic rings. The number of anilines is 2. The van der Waals surface area contributed by atoms with Crippen molar-refractivity contribution >= 4 is 33.2 Å². The van der Waals surface area contributed by atoms with Crippen LogP contribution in [0.3, 0.4) is 0 Å². The standard InChI is InChI=1S/C25H32N4O5S/c1-19(30)29-12-6-7-20-17-21(10-11-22(20)29)35(32,33)26(2)18-25(31)28-15-13-27(14-16-28)23-8-4-5-9-24(23)34-3/h4-5,8-11,17H,6-7,12-16,18H2,1-3H3. The Balaban J connectivity index is 1.40. The van der Waals surface area contributed by atoms with Crippen molar-refractivity contribution in [1.29, 1.82) is 0 Å². The molecule has 0 aliphatic carbocycles. The van der Waals surface area contributed by atoms with Crippen molar-refractivity contribution in [3.8, 4) is 5.75 Å². The molecule has 0 atom stereocenters. The minimum atomic E-state index is -3.85. The Labute approximate surface area is 206 Å². The van der Waals surface area contributed by atoms with Gasteiger partial charge in [0.1, 0.15) is 5.75 Å². The average molecular weight is 501 g/mol. The molecule has 1 saturated heterocycles. The van der Waals surface area contributed by atoms with Gasteiger partial charge in [-0.1, -0.05) is 12.1 Å². The first kappa shape index (κ1) is 25.0. The van der Waals surface area contributed by atoms with E-state index in [1.54, 1.807) is 29.0 Å². The predicted molar refractivity (Wildman–Crippen MR) is 134 cm³/mol. The lowest BCUT2D eigenvalue weighted by molar-refractivity contribution is -0.131. The van der Waals surface area contributed by atoms with E-state index in [2.05, 4.69) is 4.90 Å². The highest BCUT2D eigenvalue weighted by Crippen LogP contribution is 2.31. The lowest BCUT2D eigenvalue weighted by atomic mass is 10.0. The monoisotopic (exact) mass is 500 g/mol. The van der Waals surface area contributed by atoms with Crippen LogP contribution in [-0.2, 0) is 26.0 Å². The molecule has 35 heavy (non-hydrogen) atoms. The molecule has 0 spiro atoms. The first-order valence-corrected chi connectivity index (χ1v) is 13.2. The molecule has 0 unspecified atom stereocenters. The van der Waals surface area contributed by atoms with Crippen LogP contribution in [0.2, 0.25) is 0 Å². The second-order valence-corrected chi connectivity index (χ2v) is 10.9. The smallest absolute Gasteiger partial charge is 0.243 e. The topological polar surface area (TPSA) is 90.5 Å². The van der Waals surface area contributed by atoms with Crippen LogP contribution in [-0.4, -0.2) is 82.9 Å². The number of carbonyl (C=O) groups is 2. The number of piperazine rings is 1. The number of nitrogens with zero attached hydrogens (tertiary/aromatic N) is 4. The highest BCUT2D eigenvalue weighted by atomic mass is 32.2. The summed E-state index contributed by atoms with van der Waals surface area (Å²) in [6, 6.07) is 12.6. The molecule has 1 fully saturated rings. The minimum absolute atomic E-state index is 0.0601. The zero-order chi connectivity index (χ0) is 25.2. The van der Waals surface area contributed by atoms with Gasteiger partial charge in [0.2, 0.25) is 21.8 Å². The Morgan fingerprint density at radius 3 is 2.40 bits per heavy atom. The van der Waals surface area contributed by atoms with Crippen LogP contribution in [0, 0.1) is 0 Å². The van der Waals surface area contributed by atoms with Crippen LogP contribution in [0.5, 0.6) is 5.75 Å². The van der Waals surface area contributed by atoms with Crippen molar-refractivity contribution in [2.24, 2.45) is 0 Å². The molecule has 0 saturated carbocycles. The van der Waals surface area contributed by atoms with E-state index in [0.717, 1.165) is 33.4 Å². The Morgan fingerprint density at radius 2 is 1.71 bits per heavy atom. The number of fused-ring (bicyclic) bond motifs is 1. The summed E-state index contributed by atoms with van der Waals surface area (Å²) in [4.78, 5) is 30.5. The summed E-state index contributed by atoms with van der Waals surface area (Å²) in [5.74, 6) is 0.501. The summed E-state index contributed by atoms with van der Waals surface area (Å²) >= 11 is 0. The molecule has 188 valence electrons. The van der Waals surface area contributed by atoms with E-state index < -0.39 is 10.0 Å². The van der Waals surface area contributed by atoms with E-state index in [9.17, 15) is 18.0 Å². The van der Waals surface area contributed by atoms with E-state index in [4.69, 9.17) is 4.74 Å². The van der Waals surface area contributed by atoms with Crippen LogP contribution in [0.15, 0.2) is 47.4 Å². The molecule has 0 radical (unpaired) electrons. The molecule has 2 heterocycles. The second kappa shape index (κ2) is 10.2.